The van der Waals surface area contributed by atoms with E-state index in [9.17, 15) is 0 Å². The van der Waals surface area contributed by atoms with Gasteiger partial charge in [0.1, 0.15) is 0 Å². The van der Waals surface area contributed by atoms with Crippen LogP contribution in [0.15, 0.2) is 0 Å². The third-order valence-corrected chi connectivity index (χ3v) is 0. The van der Waals surface area contributed by atoms with Crippen LogP contribution in [0.2, 0.25) is 0 Å². The molecule has 0 rings (SSSR count). The quantitative estimate of drug-likeness (QED) is 0.387. The Morgan fingerprint density at radius 1 is 0.889 bits per heavy atom. The average Bonchev–Trinajstić information content (AvgIpc) is 0.811. The minimum Gasteiger partial charge on any atom is -0.394 e. The molecule has 0 radical (unpaired) electrons. The van der Waals surface area contributed by atoms with Crippen molar-refractivity contribution in [2.45, 2.75) is 20.0 Å². The number of hydrogen-bond acceptors (Lipinski definition) is 1. The molecule has 0 aromatic carbocycles. The van der Waals surface area contributed by atoms with E-state index in [-0.39, 0.29) is 35.9 Å². The van der Waals surface area contributed by atoms with Gasteiger partial charge in [0.2, 0.25) is 0 Å². The average molecular weight is 172 g/mol. The lowest BCUT2D eigenvalue weighted by molar-refractivity contribution is 0.216. The molecular formula is C3H16F4OSi. The van der Waals surface area contributed by atoms with Crippen molar-refractivity contribution in [3.63, 3.8) is 0 Å². The molecule has 0 fully saturated rings. The van der Waals surface area contributed by atoms with Crippen molar-refractivity contribution in [3.8, 4) is 0 Å². The predicted octanol–water partition coefficient (Wildman–Crippen LogP) is -0.455. The van der Waals surface area contributed by atoms with Gasteiger partial charge in [-0.3, -0.25) is 18.8 Å². The minimum absolute atomic E-state index is 0. The summed E-state index contributed by atoms with van der Waals surface area (Å²) in [5.41, 5.74) is 0. The van der Waals surface area contributed by atoms with Gasteiger partial charge in [-0.1, -0.05) is 0 Å². The van der Waals surface area contributed by atoms with Gasteiger partial charge in [0.05, 0.1) is 0 Å². The highest BCUT2D eigenvalue weighted by Crippen LogP contribution is 1.65. The van der Waals surface area contributed by atoms with Crippen LogP contribution >= 0.6 is 0 Å². The maximum atomic E-state index is 8.06. The van der Waals surface area contributed by atoms with Crippen molar-refractivity contribution in [1.82, 2.24) is 0 Å². The third kappa shape index (κ3) is 25800. The maximum Gasteiger partial charge on any atom is 0.0483 e. The van der Waals surface area contributed by atoms with Crippen LogP contribution in [0.5, 0.6) is 0 Å². The van der Waals surface area contributed by atoms with E-state index in [0.717, 1.165) is 0 Å². The van der Waals surface area contributed by atoms with Crippen molar-refractivity contribution in [2.75, 3.05) is 0 Å². The van der Waals surface area contributed by atoms with Crippen LogP contribution in [0.3, 0.4) is 0 Å². The van der Waals surface area contributed by atoms with E-state index in [2.05, 4.69) is 0 Å². The monoisotopic (exact) mass is 172 g/mol. The summed E-state index contributed by atoms with van der Waals surface area (Å²) in [6.45, 7) is 3.44. The normalized spacial score (nSPS) is 4.00. The first-order valence-electron chi connectivity index (χ1n) is 1.41. The molecular weight excluding hydrogens is 156 g/mol. The molecule has 0 aliphatic carbocycles. The van der Waals surface area contributed by atoms with Crippen molar-refractivity contribution in [1.29, 1.82) is 0 Å². The van der Waals surface area contributed by atoms with Gasteiger partial charge in [-0.25, -0.2) is 0 Å². The Kier molecular flexibility index (Phi) is 329. The summed E-state index contributed by atoms with van der Waals surface area (Å²) in [5.74, 6) is 0. The van der Waals surface area contributed by atoms with Gasteiger partial charge in [0.25, 0.3) is 0 Å². The molecule has 1 N–H and O–H groups in total. The zero-order valence-corrected chi connectivity index (χ0v) is 4.66. The number of rotatable bonds is 0. The fraction of sp³-hybridized carbons (Fsp3) is 1.00. The molecule has 6 heteroatoms. The van der Waals surface area contributed by atoms with Gasteiger partial charge in [0.15, 0.2) is 0 Å². The third-order valence-electron chi connectivity index (χ3n) is 0. The van der Waals surface area contributed by atoms with E-state index < -0.39 is 0 Å². The van der Waals surface area contributed by atoms with Crippen molar-refractivity contribution >= 4 is 11.0 Å². The zero-order valence-electron chi connectivity index (χ0n) is 4.66. The van der Waals surface area contributed by atoms with Gasteiger partial charge in [0, 0.05) is 6.10 Å². The molecule has 66 valence electrons. The van der Waals surface area contributed by atoms with Gasteiger partial charge < -0.3 is 5.11 Å². The molecule has 1 nitrogen and oxygen atoms in total. The zero-order chi connectivity index (χ0) is 3.58. The summed E-state index contributed by atoms with van der Waals surface area (Å²) in [4.78, 5) is 0. The molecule has 0 heterocycles. The second-order valence-electron chi connectivity index (χ2n) is 1.09. The summed E-state index contributed by atoms with van der Waals surface area (Å²) in [6, 6.07) is 0. The highest BCUT2D eigenvalue weighted by molar-refractivity contribution is 5.75. The molecule has 0 atom stereocenters. The maximum absolute atomic E-state index is 8.06. The molecule has 9 heavy (non-hydrogen) atoms. The van der Waals surface area contributed by atoms with Crippen molar-refractivity contribution in [2.24, 2.45) is 0 Å². The van der Waals surface area contributed by atoms with Gasteiger partial charge in [-0.2, -0.15) is 0 Å². The van der Waals surface area contributed by atoms with E-state index >= 15 is 0 Å². The molecule has 0 amide bonds. The lowest BCUT2D eigenvalue weighted by Gasteiger charge is -1.80. The second kappa shape index (κ2) is 44.8. The number of aliphatic hydroxyl groups is 1. The van der Waals surface area contributed by atoms with E-state index in [4.69, 9.17) is 5.11 Å². The summed E-state index contributed by atoms with van der Waals surface area (Å²) in [7, 11) is 0. The Balaban J connectivity index is -0.00000000450. The summed E-state index contributed by atoms with van der Waals surface area (Å²) < 4.78 is 0. The highest BCUT2D eigenvalue weighted by atomic mass is 28.1. The van der Waals surface area contributed by atoms with Crippen LogP contribution in [0.1, 0.15) is 13.8 Å². The first kappa shape index (κ1) is 66.1. The SMILES string of the molecule is CC(C)O.F.F.F.F.[SiH4]. The van der Waals surface area contributed by atoms with Gasteiger partial charge in [-0.15, -0.1) is 0 Å². The lowest BCUT2D eigenvalue weighted by atomic mass is 10.5. The Labute approximate surface area is 56.0 Å². The Morgan fingerprint density at radius 3 is 0.889 bits per heavy atom. The van der Waals surface area contributed by atoms with E-state index in [0.29, 0.717) is 0 Å². The van der Waals surface area contributed by atoms with Crippen LogP contribution in [0.4, 0.5) is 18.8 Å². The van der Waals surface area contributed by atoms with Crippen LogP contribution in [0, 0.1) is 0 Å². The Bertz CT molecular complexity index is 20.5. The van der Waals surface area contributed by atoms with Crippen LogP contribution in [-0.4, -0.2) is 22.2 Å². The molecule has 0 bridgehead atoms. The summed E-state index contributed by atoms with van der Waals surface area (Å²) >= 11 is 0. The van der Waals surface area contributed by atoms with E-state index in [1.165, 1.54) is 0 Å². The fourth-order valence-corrected chi connectivity index (χ4v) is 0. The summed E-state index contributed by atoms with van der Waals surface area (Å²) in [6.07, 6.45) is -0.167. The Morgan fingerprint density at radius 2 is 0.889 bits per heavy atom. The van der Waals surface area contributed by atoms with Crippen LogP contribution < -0.4 is 0 Å². The fourth-order valence-electron chi connectivity index (χ4n) is 0. The first-order valence-corrected chi connectivity index (χ1v) is 1.41. The molecule has 0 aromatic heterocycles. The molecule has 0 saturated heterocycles. The minimum atomic E-state index is -0.167. The first-order chi connectivity index (χ1) is 1.73. The van der Waals surface area contributed by atoms with Gasteiger partial charge >= 0.3 is 0 Å². The molecule has 0 saturated carbocycles. The molecule has 0 unspecified atom stereocenters. The number of aliphatic hydroxyl groups excluding tert-OH is 1. The molecule has 0 spiro atoms. The van der Waals surface area contributed by atoms with Gasteiger partial charge in [-0.05, 0) is 24.8 Å². The molecule has 0 aliphatic heterocycles. The topological polar surface area (TPSA) is 20.2 Å². The molecule has 0 aromatic rings. The summed E-state index contributed by atoms with van der Waals surface area (Å²) in [5, 5.41) is 8.06. The largest absolute Gasteiger partial charge is 0.394 e. The van der Waals surface area contributed by atoms with Crippen LogP contribution in [0.25, 0.3) is 0 Å². The van der Waals surface area contributed by atoms with Crippen molar-refractivity contribution in [3.05, 3.63) is 0 Å². The highest BCUT2D eigenvalue weighted by Gasteiger charge is 1.69. The van der Waals surface area contributed by atoms with E-state index in [1.807, 2.05) is 0 Å². The predicted molar refractivity (Wildman–Crippen MR) is 38.7 cm³/mol. The number of hydrogen-bond donors (Lipinski definition) is 1. The number of halogens is 4. The lowest BCUT2D eigenvalue weighted by Crippen LogP contribution is -1.85. The Hall–Kier alpha value is -0.103. The second-order valence-corrected chi connectivity index (χ2v) is 1.09. The van der Waals surface area contributed by atoms with Crippen molar-refractivity contribution < 1.29 is 23.9 Å². The van der Waals surface area contributed by atoms with Crippen LogP contribution in [-0.2, 0) is 0 Å². The van der Waals surface area contributed by atoms with E-state index in [1.54, 1.807) is 13.8 Å². The standard InChI is InChI=1S/C3H8O.4FH.H4Si/c1-3(2)4;;;;;/h3-4H,1-2H3;4*1H;1H4. The molecule has 0 aliphatic rings. The smallest absolute Gasteiger partial charge is 0.0483 e.